The molecule has 0 spiro atoms. The second-order valence-electron chi connectivity index (χ2n) is 13.2. The van der Waals surface area contributed by atoms with Gasteiger partial charge in [-0.1, -0.05) is 47.3 Å². The number of aromatic amines is 1. The number of carbonyl (C=O) groups excluding carboxylic acids is 4. The fraction of sp³-hybridized carbons (Fsp3) is 0.548. The van der Waals surface area contributed by atoms with Crippen molar-refractivity contribution in [2.45, 2.75) is 65.6 Å². The molecule has 1 aromatic carbocycles. The normalized spacial score (nSPS) is 24.6. The van der Waals surface area contributed by atoms with E-state index in [0.717, 1.165) is 23.7 Å². The van der Waals surface area contributed by atoms with E-state index in [9.17, 15) is 19.2 Å². The highest BCUT2D eigenvalue weighted by molar-refractivity contribution is 6.03. The lowest BCUT2D eigenvalue weighted by Crippen LogP contribution is -2.59. The molecule has 1 aromatic heterocycles. The maximum absolute atomic E-state index is 14.0. The summed E-state index contributed by atoms with van der Waals surface area (Å²) in [5.41, 5.74) is 0.494. The Kier molecular flexibility index (Phi) is 6.83. The van der Waals surface area contributed by atoms with Gasteiger partial charge in [0.2, 0.25) is 11.8 Å². The standard InChI is InChI=1S/C31H40N4O5/c1-8-21(36)26(30(2,3)4)34-28(38)25-23-18(31(23,5)6)15-35(25)29(39)24(16-12-13-16)33-27(37)20-14-17-19(32-20)10-9-11-22(17)40-7/h8-11,14,16,18,23-26,32H,1,12-13,15H2,2-7H3,(H,33,37)(H,34,38)/t18-,23-,24-,25-,26+/m0/s1. The largest absolute Gasteiger partial charge is 0.496 e. The van der Waals surface area contributed by atoms with Gasteiger partial charge in [-0.05, 0) is 65.7 Å². The van der Waals surface area contributed by atoms with Crippen LogP contribution < -0.4 is 15.4 Å². The van der Waals surface area contributed by atoms with Gasteiger partial charge < -0.3 is 25.3 Å². The molecule has 0 unspecified atom stereocenters. The number of benzene rings is 1. The number of H-pyrrole nitrogens is 1. The minimum absolute atomic E-state index is 0.00683. The van der Waals surface area contributed by atoms with Crippen LogP contribution in [-0.4, -0.2) is 65.2 Å². The lowest BCUT2D eigenvalue weighted by molar-refractivity contribution is -0.143. The number of ketones is 1. The number of likely N-dealkylation sites (tertiary alicyclic amines) is 1. The van der Waals surface area contributed by atoms with E-state index in [2.05, 4.69) is 36.0 Å². The third-order valence-electron chi connectivity index (χ3n) is 9.13. The summed E-state index contributed by atoms with van der Waals surface area (Å²) in [5, 5.41) is 6.70. The van der Waals surface area contributed by atoms with Gasteiger partial charge in [0.05, 0.1) is 13.2 Å². The highest BCUT2D eigenvalue weighted by Crippen LogP contribution is 2.65. The molecular formula is C31H40N4O5. The Hall–Kier alpha value is -3.62. The van der Waals surface area contributed by atoms with Crippen LogP contribution in [0.5, 0.6) is 5.75 Å². The molecule has 3 N–H and O–H groups in total. The summed E-state index contributed by atoms with van der Waals surface area (Å²) in [7, 11) is 1.58. The van der Waals surface area contributed by atoms with Crippen molar-refractivity contribution in [3.05, 3.63) is 42.6 Å². The molecule has 5 atom stereocenters. The van der Waals surface area contributed by atoms with Gasteiger partial charge in [-0.2, -0.15) is 0 Å². The molecule has 1 saturated heterocycles. The number of methoxy groups -OCH3 is 1. The van der Waals surface area contributed by atoms with Gasteiger partial charge in [0.1, 0.15) is 23.5 Å². The summed E-state index contributed by atoms with van der Waals surface area (Å²) in [6.45, 7) is 13.9. The van der Waals surface area contributed by atoms with Crippen LogP contribution in [-0.2, 0) is 14.4 Å². The monoisotopic (exact) mass is 548 g/mol. The number of ether oxygens (including phenoxy) is 1. The van der Waals surface area contributed by atoms with Gasteiger partial charge in [-0.3, -0.25) is 19.2 Å². The number of aromatic nitrogens is 1. The zero-order valence-electron chi connectivity index (χ0n) is 24.2. The smallest absolute Gasteiger partial charge is 0.268 e. The minimum Gasteiger partial charge on any atom is -0.496 e. The molecule has 5 rings (SSSR count). The van der Waals surface area contributed by atoms with Crippen LogP contribution in [0.4, 0.5) is 0 Å². The van der Waals surface area contributed by atoms with Crippen molar-refractivity contribution in [2.24, 2.45) is 28.6 Å². The molecule has 40 heavy (non-hydrogen) atoms. The SMILES string of the molecule is C=CC(=O)[C@@H](NC(=O)[C@@H]1[C@@H]2[C@H](CN1C(=O)[C@@H](NC(=O)c1cc3c(OC)cccc3[nH]1)C1CC1)C2(C)C)C(C)(C)C. The predicted octanol–water partition coefficient (Wildman–Crippen LogP) is 3.45. The number of nitrogens with one attached hydrogen (secondary N) is 3. The number of hydrogen-bond donors (Lipinski definition) is 3. The van der Waals surface area contributed by atoms with E-state index in [1.807, 2.05) is 39.0 Å². The Morgan fingerprint density at radius 2 is 1.88 bits per heavy atom. The van der Waals surface area contributed by atoms with Crippen molar-refractivity contribution < 1.29 is 23.9 Å². The summed E-state index contributed by atoms with van der Waals surface area (Å²) in [6, 6.07) is 5.07. The number of rotatable bonds is 9. The fourth-order valence-corrected chi connectivity index (χ4v) is 6.51. The molecule has 0 radical (unpaired) electrons. The van der Waals surface area contributed by atoms with Crippen molar-refractivity contribution in [3.63, 3.8) is 0 Å². The summed E-state index contributed by atoms with van der Waals surface area (Å²) >= 11 is 0. The lowest BCUT2D eigenvalue weighted by Gasteiger charge is -2.35. The molecule has 9 heteroatoms. The maximum atomic E-state index is 14.0. The van der Waals surface area contributed by atoms with Crippen molar-refractivity contribution in [1.29, 1.82) is 0 Å². The van der Waals surface area contributed by atoms with Crippen LogP contribution in [0.2, 0.25) is 0 Å². The van der Waals surface area contributed by atoms with E-state index in [4.69, 9.17) is 4.74 Å². The number of hydrogen-bond acceptors (Lipinski definition) is 5. The van der Waals surface area contributed by atoms with Crippen LogP contribution in [0.1, 0.15) is 57.9 Å². The van der Waals surface area contributed by atoms with Gasteiger partial charge in [0.15, 0.2) is 5.78 Å². The average Bonchev–Trinajstić information content (AvgIpc) is 3.68. The lowest BCUT2D eigenvalue weighted by atomic mass is 9.83. The topological polar surface area (TPSA) is 121 Å². The maximum Gasteiger partial charge on any atom is 0.268 e. The fourth-order valence-electron chi connectivity index (χ4n) is 6.51. The first-order valence-corrected chi connectivity index (χ1v) is 14.0. The van der Waals surface area contributed by atoms with Crippen LogP contribution in [0.25, 0.3) is 10.9 Å². The van der Waals surface area contributed by atoms with Crippen LogP contribution in [0, 0.1) is 28.6 Å². The van der Waals surface area contributed by atoms with E-state index < -0.39 is 23.5 Å². The summed E-state index contributed by atoms with van der Waals surface area (Å²) < 4.78 is 5.41. The minimum atomic E-state index is -0.756. The molecule has 0 bridgehead atoms. The molecular weight excluding hydrogens is 508 g/mol. The molecule has 2 heterocycles. The molecule has 1 aliphatic heterocycles. The van der Waals surface area contributed by atoms with Gasteiger partial charge in [-0.25, -0.2) is 0 Å². The highest BCUT2D eigenvalue weighted by Gasteiger charge is 2.70. The third kappa shape index (κ3) is 4.80. The van der Waals surface area contributed by atoms with E-state index in [1.54, 1.807) is 18.1 Å². The molecule has 3 amide bonds. The molecule has 2 saturated carbocycles. The first-order valence-electron chi connectivity index (χ1n) is 14.0. The molecule has 3 fully saturated rings. The van der Waals surface area contributed by atoms with Crippen molar-refractivity contribution in [3.8, 4) is 5.75 Å². The van der Waals surface area contributed by atoms with Crippen LogP contribution in [0.3, 0.4) is 0 Å². The van der Waals surface area contributed by atoms with Crippen molar-refractivity contribution >= 4 is 34.4 Å². The summed E-state index contributed by atoms with van der Waals surface area (Å²) in [6.07, 6.45) is 2.90. The molecule has 9 nitrogen and oxygen atoms in total. The molecule has 3 aliphatic rings. The van der Waals surface area contributed by atoms with Gasteiger partial charge in [0.25, 0.3) is 5.91 Å². The second-order valence-corrected chi connectivity index (χ2v) is 13.2. The van der Waals surface area contributed by atoms with Gasteiger partial charge in [-0.15, -0.1) is 0 Å². The van der Waals surface area contributed by atoms with Crippen LogP contribution >= 0.6 is 0 Å². The Morgan fingerprint density at radius 3 is 2.48 bits per heavy atom. The number of fused-ring (bicyclic) bond motifs is 2. The van der Waals surface area contributed by atoms with Gasteiger partial charge >= 0.3 is 0 Å². The second kappa shape index (κ2) is 9.78. The van der Waals surface area contributed by atoms with Crippen molar-refractivity contribution in [1.82, 2.24) is 20.5 Å². The average molecular weight is 549 g/mol. The Labute approximate surface area is 235 Å². The number of piperidine rings is 1. The van der Waals surface area contributed by atoms with E-state index in [0.29, 0.717) is 18.0 Å². The quantitative estimate of drug-likeness (QED) is 0.415. The zero-order valence-corrected chi connectivity index (χ0v) is 24.2. The Balaban J connectivity index is 1.38. The first kappa shape index (κ1) is 27.9. The van der Waals surface area contributed by atoms with Crippen molar-refractivity contribution in [2.75, 3.05) is 13.7 Å². The molecule has 2 aromatic rings. The Morgan fingerprint density at radius 1 is 1.18 bits per heavy atom. The predicted molar refractivity (Wildman–Crippen MR) is 152 cm³/mol. The Bertz CT molecular complexity index is 1380. The van der Waals surface area contributed by atoms with Gasteiger partial charge in [0, 0.05) is 17.4 Å². The number of nitrogens with zero attached hydrogens (tertiary/aromatic N) is 1. The highest BCUT2D eigenvalue weighted by atomic mass is 16.5. The molecule has 2 aliphatic carbocycles. The van der Waals surface area contributed by atoms with E-state index in [1.165, 1.54) is 6.08 Å². The molecule has 214 valence electrons. The van der Waals surface area contributed by atoms with E-state index >= 15 is 0 Å². The number of amides is 3. The zero-order chi connectivity index (χ0) is 29.1. The first-order chi connectivity index (χ1) is 18.8. The third-order valence-corrected chi connectivity index (χ3v) is 9.13. The van der Waals surface area contributed by atoms with E-state index in [-0.39, 0.29) is 46.7 Å². The number of carbonyl (C=O) groups is 4. The summed E-state index contributed by atoms with van der Waals surface area (Å²) in [5.74, 6) is -0.354. The summed E-state index contributed by atoms with van der Waals surface area (Å²) in [4.78, 5) is 58.6. The van der Waals surface area contributed by atoms with Crippen LogP contribution in [0.15, 0.2) is 36.9 Å².